The summed E-state index contributed by atoms with van der Waals surface area (Å²) in [5.41, 5.74) is 5.45. The number of anilines is 1. The fourth-order valence-corrected chi connectivity index (χ4v) is 3.69. The summed E-state index contributed by atoms with van der Waals surface area (Å²) in [6.45, 7) is 6.36. The Morgan fingerprint density at radius 2 is 1.93 bits per heavy atom. The average Bonchev–Trinajstić information content (AvgIpc) is 3.43. The summed E-state index contributed by atoms with van der Waals surface area (Å²) >= 11 is 0. The van der Waals surface area contributed by atoms with E-state index in [-0.39, 0.29) is 5.91 Å². The third kappa shape index (κ3) is 3.28. The van der Waals surface area contributed by atoms with E-state index in [1.165, 1.54) is 0 Å². The molecule has 5 heterocycles. The summed E-state index contributed by atoms with van der Waals surface area (Å²) in [7, 11) is 0. The summed E-state index contributed by atoms with van der Waals surface area (Å²) < 4.78 is 5.84. The summed E-state index contributed by atoms with van der Waals surface area (Å²) in [4.78, 5) is 30.2. The summed E-state index contributed by atoms with van der Waals surface area (Å²) in [6.07, 6.45) is 5.15. The van der Waals surface area contributed by atoms with Crippen molar-refractivity contribution in [1.82, 2.24) is 30.0 Å². The molecule has 0 radical (unpaired) electrons. The van der Waals surface area contributed by atoms with Crippen LogP contribution in [0.3, 0.4) is 0 Å². The fourth-order valence-electron chi connectivity index (χ4n) is 3.69. The van der Waals surface area contributed by atoms with Crippen molar-refractivity contribution in [3.63, 3.8) is 0 Å². The lowest BCUT2D eigenvalue weighted by Crippen LogP contribution is -2.49. The standard InChI is InChI=1S/C21H21N7O2/c1-13-9-15(10-22-18(13)16-11-23-24-12-16)20(29)27-5-7-28(8-6-27)21-26-19-17(30-21)4-3-14(2)25-19/h3-4,9-12H,5-8H2,1-2H3,(H,23,24). The van der Waals surface area contributed by atoms with Gasteiger partial charge in [-0.25, -0.2) is 4.98 Å². The lowest BCUT2D eigenvalue weighted by Gasteiger charge is -2.33. The fraction of sp³-hybridized carbons (Fsp3) is 0.286. The predicted octanol–water partition coefficient (Wildman–Crippen LogP) is 2.59. The smallest absolute Gasteiger partial charge is 0.300 e. The molecule has 1 aliphatic rings. The Kier molecular flexibility index (Phi) is 4.42. The van der Waals surface area contributed by atoms with E-state index in [0.29, 0.717) is 49.0 Å². The molecule has 4 aromatic heterocycles. The largest absolute Gasteiger partial charge is 0.422 e. The van der Waals surface area contributed by atoms with Crippen molar-refractivity contribution in [1.29, 1.82) is 0 Å². The molecule has 0 aromatic carbocycles. The zero-order chi connectivity index (χ0) is 20.7. The first-order valence-electron chi connectivity index (χ1n) is 9.83. The van der Waals surface area contributed by atoms with E-state index in [1.807, 2.05) is 41.8 Å². The normalized spacial score (nSPS) is 14.5. The van der Waals surface area contributed by atoms with Gasteiger partial charge in [0, 0.05) is 49.8 Å². The van der Waals surface area contributed by atoms with Crippen molar-refractivity contribution < 1.29 is 9.21 Å². The molecule has 0 spiro atoms. The van der Waals surface area contributed by atoms with Crippen molar-refractivity contribution >= 4 is 23.2 Å². The van der Waals surface area contributed by atoms with Crippen molar-refractivity contribution in [3.05, 3.63) is 53.6 Å². The van der Waals surface area contributed by atoms with Gasteiger partial charge < -0.3 is 14.2 Å². The van der Waals surface area contributed by atoms with Gasteiger partial charge in [-0.15, -0.1) is 0 Å². The number of H-pyrrole nitrogens is 1. The first-order valence-corrected chi connectivity index (χ1v) is 9.83. The number of pyridine rings is 2. The highest BCUT2D eigenvalue weighted by molar-refractivity contribution is 5.94. The monoisotopic (exact) mass is 403 g/mol. The Hall–Kier alpha value is -3.75. The number of amides is 1. The number of aryl methyl sites for hydroxylation is 2. The second-order valence-electron chi connectivity index (χ2n) is 7.43. The van der Waals surface area contributed by atoms with Crippen LogP contribution in [0.15, 0.2) is 41.2 Å². The number of hydrogen-bond acceptors (Lipinski definition) is 7. The molecular weight excluding hydrogens is 382 g/mol. The second kappa shape index (κ2) is 7.25. The maximum absolute atomic E-state index is 13.0. The van der Waals surface area contributed by atoms with Crippen LogP contribution in [0.2, 0.25) is 0 Å². The Balaban J connectivity index is 1.28. The molecule has 0 unspecified atom stereocenters. The van der Waals surface area contributed by atoms with Gasteiger partial charge in [0.25, 0.3) is 11.9 Å². The average molecular weight is 403 g/mol. The van der Waals surface area contributed by atoms with Crippen molar-refractivity contribution in [2.45, 2.75) is 13.8 Å². The number of aromatic amines is 1. The number of aromatic nitrogens is 5. The van der Waals surface area contributed by atoms with Gasteiger partial charge in [-0.2, -0.15) is 10.1 Å². The minimum atomic E-state index is -0.0150. The molecule has 1 N–H and O–H groups in total. The van der Waals surface area contributed by atoms with Crippen LogP contribution in [0.1, 0.15) is 21.6 Å². The van der Waals surface area contributed by atoms with E-state index >= 15 is 0 Å². The summed E-state index contributed by atoms with van der Waals surface area (Å²) in [5.74, 6) is -0.0150. The van der Waals surface area contributed by atoms with Gasteiger partial charge in [0.1, 0.15) is 0 Å². The van der Waals surface area contributed by atoms with Gasteiger partial charge in [0.2, 0.25) is 5.65 Å². The third-order valence-electron chi connectivity index (χ3n) is 5.32. The Bertz CT molecular complexity index is 1210. The highest BCUT2D eigenvalue weighted by Crippen LogP contribution is 2.23. The van der Waals surface area contributed by atoms with Crippen LogP contribution >= 0.6 is 0 Å². The highest BCUT2D eigenvalue weighted by Gasteiger charge is 2.25. The van der Waals surface area contributed by atoms with E-state index in [0.717, 1.165) is 22.5 Å². The van der Waals surface area contributed by atoms with Gasteiger partial charge in [-0.3, -0.25) is 14.9 Å². The molecule has 4 aromatic rings. The topological polar surface area (TPSA) is 104 Å². The molecule has 0 saturated carbocycles. The molecule has 1 amide bonds. The van der Waals surface area contributed by atoms with Gasteiger partial charge in [0.05, 0.1) is 17.5 Å². The Labute approximate surface area is 172 Å². The summed E-state index contributed by atoms with van der Waals surface area (Å²) in [5, 5.41) is 6.75. The number of carbonyl (C=O) groups is 1. The van der Waals surface area contributed by atoms with Crippen LogP contribution in [0, 0.1) is 13.8 Å². The number of rotatable bonds is 3. The molecule has 152 valence electrons. The van der Waals surface area contributed by atoms with Crippen LogP contribution in [-0.4, -0.2) is 62.1 Å². The quantitative estimate of drug-likeness (QED) is 0.561. The van der Waals surface area contributed by atoms with Crippen LogP contribution in [-0.2, 0) is 0 Å². The number of nitrogens with zero attached hydrogens (tertiary/aromatic N) is 6. The zero-order valence-electron chi connectivity index (χ0n) is 16.8. The van der Waals surface area contributed by atoms with Crippen molar-refractivity contribution in [2.24, 2.45) is 0 Å². The van der Waals surface area contributed by atoms with Gasteiger partial charge >= 0.3 is 0 Å². The molecule has 0 aliphatic carbocycles. The molecule has 1 aliphatic heterocycles. The molecule has 9 heteroatoms. The molecule has 1 saturated heterocycles. The first kappa shape index (κ1) is 18.3. The lowest BCUT2D eigenvalue weighted by molar-refractivity contribution is 0.0744. The molecule has 9 nitrogen and oxygen atoms in total. The second-order valence-corrected chi connectivity index (χ2v) is 7.43. The van der Waals surface area contributed by atoms with Crippen LogP contribution in [0.5, 0.6) is 0 Å². The number of piperazine rings is 1. The Morgan fingerprint density at radius 3 is 2.67 bits per heavy atom. The van der Waals surface area contributed by atoms with Crippen molar-refractivity contribution in [3.8, 4) is 11.3 Å². The minimum Gasteiger partial charge on any atom is -0.422 e. The maximum atomic E-state index is 13.0. The number of oxazole rings is 1. The van der Waals surface area contributed by atoms with Gasteiger partial charge in [0.15, 0.2) is 5.58 Å². The maximum Gasteiger partial charge on any atom is 0.300 e. The van der Waals surface area contributed by atoms with Crippen molar-refractivity contribution in [2.75, 3.05) is 31.1 Å². The molecule has 5 rings (SSSR count). The minimum absolute atomic E-state index is 0.0150. The molecular formula is C21H21N7O2. The first-order chi connectivity index (χ1) is 14.6. The summed E-state index contributed by atoms with van der Waals surface area (Å²) in [6, 6.07) is 6.23. The number of nitrogens with one attached hydrogen (secondary N) is 1. The Morgan fingerprint density at radius 1 is 1.10 bits per heavy atom. The van der Waals surface area contributed by atoms with E-state index in [4.69, 9.17) is 4.42 Å². The predicted molar refractivity (Wildman–Crippen MR) is 111 cm³/mol. The van der Waals surface area contributed by atoms with Crippen LogP contribution in [0.25, 0.3) is 22.5 Å². The zero-order valence-corrected chi connectivity index (χ0v) is 16.8. The molecule has 0 bridgehead atoms. The van der Waals surface area contributed by atoms with Gasteiger partial charge in [-0.1, -0.05) is 0 Å². The number of carbonyl (C=O) groups excluding carboxylic acids is 1. The molecule has 30 heavy (non-hydrogen) atoms. The van der Waals surface area contributed by atoms with E-state index < -0.39 is 0 Å². The van der Waals surface area contributed by atoms with Crippen LogP contribution in [0.4, 0.5) is 6.01 Å². The van der Waals surface area contributed by atoms with Gasteiger partial charge in [-0.05, 0) is 37.6 Å². The third-order valence-corrected chi connectivity index (χ3v) is 5.32. The highest BCUT2D eigenvalue weighted by atomic mass is 16.4. The van der Waals surface area contributed by atoms with Crippen LogP contribution < -0.4 is 4.90 Å². The SMILES string of the molecule is Cc1ccc2oc(N3CCN(C(=O)c4cnc(-c5cn[nH]c5)c(C)c4)CC3)nc2n1. The number of fused-ring (bicyclic) bond motifs is 1. The number of hydrogen-bond donors (Lipinski definition) is 1. The van der Waals surface area contributed by atoms with E-state index in [9.17, 15) is 4.79 Å². The molecule has 0 atom stereocenters. The van der Waals surface area contributed by atoms with E-state index in [2.05, 4.69) is 25.1 Å². The lowest BCUT2D eigenvalue weighted by atomic mass is 10.1. The van der Waals surface area contributed by atoms with E-state index in [1.54, 1.807) is 18.6 Å². The molecule has 1 fully saturated rings.